The van der Waals surface area contributed by atoms with Crippen LogP contribution < -0.4 is 5.73 Å². The Morgan fingerprint density at radius 3 is 2.69 bits per heavy atom. The van der Waals surface area contributed by atoms with Crippen LogP contribution in [-0.4, -0.2) is 17.1 Å². The largest absolute Gasteiger partial charge is 0.462 e. The number of aromatic nitrogens is 1. The lowest BCUT2D eigenvalue weighted by Crippen LogP contribution is -2.07. The number of rotatable bonds is 2. The quantitative estimate of drug-likeness (QED) is 0.696. The molecule has 0 aromatic carbocycles. The van der Waals surface area contributed by atoms with Gasteiger partial charge in [-0.1, -0.05) is 0 Å². The topological polar surface area (TPSA) is 57.2 Å². The van der Waals surface area contributed by atoms with Crippen LogP contribution in [0.3, 0.4) is 0 Å². The summed E-state index contributed by atoms with van der Waals surface area (Å²) in [4.78, 5) is 11.3. The second-order valence-electron chi connectivity index (χ2n) is 2.86. The van der Waals surface area contributed by atoms with E-state index in [1.165, 1.54) is 0 Å². The van der Waals surface area contributed by atoms with E-state index in [9.17, 15) is 4.79 Å². The smallest absolute Gasteiger partial charge is 0.341 e. The normalized spacial score (nSPS) is 10.1. The Hall–Kier alpha value is -1.45. The van der Waals surface area contributed by atoms with Crippen LogP contribution in [0.15, 0.2) is 6.07 Å². The number of ether oxygens (including phenoxy) is 1. The molecule has 0 spiro atoms. The van der Waals surface area contributed by atoms with Gasteiger partial charge in [-0.2, -0.15) is 0 Å². The molecule has 0 amide bonds. The van der Waals surface area contributed by atoms with E-state index in [0.717, 1.165) is 5.69 Å². The third kappa shape index (κ3) is 1.66. The minimum atomic E-state index is -0.358. The van der Waals surface area contributed by atoms with Gasteiger partial charge in [-0.3, -0.25) is 0 Å². The average Bonchev–Trinajstić information content (AvgIpc) is 2.33. The highest BCUT2D eigenvalue weighted by Gasteiger charge is 2.15. The summed E-state index contributed by atoms with van der Waals surface area (Å²) in [5.41, 5.74) is 7.09. The fraction of sp³-hybridized carbons (Fsp3) is 0.444. The Kier molecular flexibility index (Phi) is 2.60. The maximum atomic E-state index is 11.3. The number of hydrogen-bond acceptors (Lipinski definition) is 3. The molecule has 0 unspecified atom stereocenters. The van der Waals surface area contributed by atoms with E-state index in [2.05, 4.69) is 0 Å². The van der Waals surface area contributed by atoms with Gasteiger partial charge in [0, 0.05) is 12.7 Å². The van der Waals surface area contributed by atoms with E-state index in [-0.39, 0.29) is 5.97 Å². The molecule has 0 saturated carbocycles. The van der Waals surface area contributed by atoms with Gasteiger partial charge in [0.2, 0.25) is 0 Å². The number of nitrogens with zero attached hydrogens (tertiary/aromatic N) is 1. The number of esters is 1. The molecular weight excluding hydrogens is 168 g/mol. The Balaban J connectivity index is 3.01. The van der Waals surface area contributed by atoms with Crippen molar-refractivity contribution in [1.82, 2.24) is 4.57 Å². The number of nitrogens with two attached hydrogens (primary N) is 1. The van der Waals surface area contributed by atoms with Gasteiger partial charge in [-0.15, -0.1) is 0 Å². The highest BCUT2D eigenvalue weighted by atomic mass is 16.5. The van der Waals surface area contributed by atoms with Gasteiger partial charge in [-0.25, -0.2) is 4.79 Å². The Labute approximate surface area is 77.3 Å². The molecule has 0 fully saturated rings. The number of aryl methyl sites for hydroxylation is 1. The number of nitrogen functional groups attached to an aromatic ring is 1. The second kappa shape index (κ2) is 3.51. The van der Waals surface area contributed by atoms with E-state index in [1.807, 2.05) is 14.0 Å². The minimum absolute atomic E-state index is 0.358. The lowest BCUT2D eigenvalue weighted by molar-refractivity contribution is 0.0527. The first kappa shape index (κ1) is 9.64. The molecule has 13 heavy (non-hydrogen) atoms. The van der Waals surface area contributed by atoms with Crippen molar-refractivity contribution < 1.29 is 9.53 Å². The van der Waals surface area contributed by atoms with E-state index < -0.39 is 0 Å². The van der Waals surface area contributed by atoms with Crippen molar-refractivity contribution in [1.29, 1.82) is 0 Å². The van der Waals surface area contributed by atoms with E-state index in [1.54, 1.807) is 17.6 Å². The van der Waals surface area contributed by atoms with Gasteiger partial charge in [0.25, 0.3) is 0 Å². The van der Waals surface area contributed by atoms with Crippen LogP contribution in [0, 0.1) is 6.92 Å². The Morgan fingerprint density at radius 2 is 2.31 bits per heavy atom. The predicted molar refractivity (Wildman–Crippen MR) is 50.5 cm³/mol. The van der Waals surface area contributed by atoms with Crippen molar-refractivity contribution in [3.63, 3.8) is 0 Å². The second-order valence-corrected chi connectivity index (χ2v) is 2.86. The molecule has 1 heterocycles. The third-order valence-corrected chi connectivity index (χ3v) is 2.01. The summed E-state index contributed by atoms with van der Waals surface area (Å²) < 4.78 is 6.60. The summed E-state index contributed by atoms with van der Waals surface area (Å²) in [6.07, 6.45) is 0. The highest BCUT2D eigenvalue weighted by Crippen LogP contribution is 2.17. The monoisotopic (exact) mass is 182 g/mol. The molecule has 0 aliphatic heterocycles. The molecule has 1 aromatic heterocycles. The molecule has 4 nitrogen and oxygen atoms in total. The summed E-state index contributed by atoms with van der Waals surface area (Å²) in [6.45, 7) is 4.02. The molecule has 1 rings (SSSR count). The summed E-state index contributed by atoms with van der Waals surface area (Å²) in [6, 6.07) is 1.73. The maximum absolute atomic E-state index is 11.3. The predicted octanol–water partition coefficient (Wildman–Crippen LogP) is 1.09. The van der Waals surface area contributed by atoms with Gasteiger partial charge >= 0.3 is 5.97 Å². The molecule has 72 valence electrons. The molecule has 0 bridgehead atoms. The standard InChI is InChI=1S/C9H14N2O2/c1-4-13-9(12)7-5-6(2)11(3)8(7)10/h5H,4,10H2,1-3H3. The first-order chi connectivity index (χ1) is 6.07. The molecular formula is C9H14N2O2. The average molecular weight is 182 g/mol. The van der Waals surface area contributed by atoms with Gasteiger partial charge < -0.3 is 15.0 Å². The van der Waals surface area contributed by atoms with E-state index in [4.69, 9.17) is 10.5 Å². The molecule has 0 atom stereocenters. The van der Waals surface area contributed by atoms with Crippen molar-refractivity contribution >= 4 is 11.8 Å². The lowest BCUT2D eigenvalue weighted by atomic mass is 10.3. The SMILES string of the molecule is CCOC(=O)c1cc(C)n(C)c1N. The van der Waals surface area contributed by atoms with Crippen molar-refractivity contribution in [2.45, 2.75) is 13.8 Å². The van der Waals surface area contributed by atoms with Crippen LogP contribution >= 0.6 is 0 Å². The first-order valence-electron chi connectivity index (χ1n) is 4.16. The number of carbonyl (C=O) groups excluding carboxylic acids is 1. The zero-order chi connectivity index (χ0) is 10.0. The summed E-state index contributed by atoms with van der Waals surface area (Å²) in [7, 11) is 1.81. The Morgan fingerprint density at radius 1 is 1.69 bits per heavy atom. The zero-order valence-corrected chi connectivity index (χ0v) is 8.13. The summed E-state index contributed by atoms with van der Waals surface area (Å²) in [5.74, 6) is 0.0969. The molecule has 4 heteroatoms. The molecule has 0 radical (unpaired) electrons. The first-order valence-corrected chi connectivity index (χ1v) is 4.16. The van der Waals surface area contributed by atoms with Crippen molar-refractivity contribution in [3.8, 4) is 0 Å². The fourth-order valence-electron chi connectivity index (χ4n) is 1.12. The number of anilines is 1. The fourth-order valence-corrected chi connectivity index (χ4v) is 1.12. The van der Waals surface area contributed by atoms with Gasteiger partial charge in [0.15, 0.2) is 0 Å². The van der Waals surface area contributed by atoms with Crippen molar-refractivity contribution in [2.75, 3.05) is 12.3 Å². The number of carbonyl (C=O) groups is 1. The van der Waals surface area contributed by atoms with Crippen LogP contribution in [0.2, 0.25) is 0 Å². The number of hydrogen-bond donors (Lipinski definition) is 1. The minimum Gasteiger partial charge on any atom is -0.462 e. The molecule has 0 aliphatic carbocycles. The van der Waals surface area contributed by atoms with Crippen LogP contribution in [0.5, 0.6) is 0 Å². The highest BCUT2D eigenvalue weighted by molar-refractivity contribution is 5.94. The summed E-state index contributed by atoms with van der Waals surface area (Å²) in [5, 5.41) is 0. The molecule has 2 N–H and O–H groups in total. The lowest BCUT2D eigenvalue weighted by Gasteiger charge is -2.01. The zero-order valence-electron chi connectivity index (χ0n) is 8.13. The van der Waals surface area contributed by atoms with Gasteiger partial charge in [0.05, 0.1) is 6.61 Å². The van der Waals surface area contributed by atoms with E-state index in [0.29, 0.717) is 18.0 Å². The van der Waals surface area contributed by atoms with Crippen LogP contribution in [0.4, 0.5) is 5.82 Å². The summed E-state index contributed by atoms with van der Waals surface area (Å²) >= 11 is 0. The van der Waals surface area contributed by atoms with Crippen LogP contribution in [-0.2, 0) is 11.8 Å². The van der Waals surface area contributed by atoms with Gasteiger partial charge in [0.1, 0.15) is 11.4 Å². The molecule has 0 aliphatic rings. The molecule has 1 aromatic rings. The van der Waals surface area contributed by atoms with Crippen molar-refractivity contribution in [3.05, 3.63) is 17.3 Å². The maximum Gasteiger partial charge on any atom is 0.341 e. The van der Waals surface area contributed by atoms with Crippen LogP contribution in [0.25, 0.3) is 0 Å². The molecule has 0 saturated heterocycles. The third-order valence-electron chi connectivity index (χ3n) is 2.01. The van der Waals surface area contributed by atoms with E-state index >= 15 is 0 Å². The van der Waals surface area contributed by atoms with Crippen molar-refractivity contribution in [2.24, 2.45) is 7.05 Å². The van der Waals surface area contributed by atoms with Gasteiger partial charge in [-0.05, 0) is 19.9 Å². The van der Waals surface area contributed by atoms with Crippen LogP contribution in [0.1, 0.15) is 23.0 Å². The Bertz CT molecular complexity index is 329.